The fourth-order valence-corrected chi connectivity index (χ4v) is 2.98. The van der Waals surface area contributed by atoms with Crippen LogP contribution in [-0.4, -0.2) is 41.0 Å². The molecule has 110 valence electrons. The molecular weight excluding hydrogens is 250 g/mol. The summed E-state index contributed by atoms with van der Waals surface area (Å²) < 4.78 is 0. The molecule has 0 N–H and O–H groups in total. The van der Waals surface area contributed by atoms with Gasteiger partial charge in [-0.2, -0.15) is 0 Å². The topological polar surface area (TPSA) is 36.4 Å². The Balaban J connectivity index is 2.17. The summed E-state index contributed by atoms with van der Waals surface area (Å²) in [5.74, 6) is 1.28. The van der Waals surface area contributed by atoms with Crippen LogP contribution in [0.1, 0.15) is 39.2 Å². The number of nitrogens with zero attached hydrogens (tertiary/aromatic N) is 3. The third kappa shape index (κ3) is 2.94. The van der Waals surface area contributed by atoms with E-state index in [1.54, 1.807) is 0 Å². The highest BCUT2D eigenvalue weighted by Gasteiger charge is 2.33. The minimum Gasteiger partial charge on any atom is -0.353 e. The van der Waals surface area contributed by atoms with Gasteiger partial charge in [-0.25, -0.2) is 4.98 Å². The van der Waals surface area contributed by atoms with Gasteiger partial charge in [-0.1, -0.05) is 19.9 Å². The Morgan fingerprint density at radius 2 is 2.10 bits per heavy atom. The zero-order chi connectivity index (χ0) is 14.7. The summed E-state index contributed by atoms with van der Waals surface area (Å²) in [5, 5.41) is 0. The van der Waals surface area contributed by atoms with Crippen molar-refractivity contribution in [3.8, 4) is 0 Å². The summed E-state index contributed by atoms with van der Waals surface area (Å²) in [6.45, 7) is 10.0. The molecule has 2 heterocycles. The predicted octanol–water partition coefficient (Wildman–Crippen LogP) is 2.62. The maximum absolute atomic E-state index is 12.1. The summed E-state index contributed by atoms with van der Waals surface area (Å²) in [7, 11) is 0. The third-order valence-electron chi connectivity index (χ3n) is 4.07. The van der Waals surface area contributed by atoms with Crippen LogP contribution < -0.4 is 4.90 Å². The summed E-state index contributed by atoms with van der Waals surface area (Å²) in [6.07, 6.45) is 3.48. The first-order valence-electron chi connectivity index (χ1n) is 7.55. The number of pyridine rings is 1. The van der Waals surface area contributed by atoms with Gasteiger partial charge in [0.15, 0.2) is 0 Å². The number of amides is 1. The largest absolute Gasteiger partial charge is 0.353 e. The highest BCUT2D eigenvalue weighted by molar-refractivity contribution is 5.77. The molecule has 0 radical (unpaired) electrons. The molecule has 1 amide bonds. The van der Waals surface area contributed by atoms with Crippen molar-refractivity contribution in [1.29, 1.82) is 0 Å². The quantitative estimate of drug-likeness (QED) is 0.851. The van der Waals surface area contributed by atoms with Crippen molar-refractivity contribution < 1.29 is 4.79 Å². The molecule has 1 aromatic heterocycles. The van der Waals surface area contributed by atoms with Crippen LogP contribution in [0.2, 0.25) is 0 Å². The SMILES string of the molecule is CCC(=O)N1[C@H](CC)CN(c2ccc(C)cn2)C[C@@H]1C. The molecule has 4 heteroatoms. The fourth-order valence-electron chi connectivity index (χ4n) is 2.98. The second-order valence-electron chi connectivity index (χ2n) is 5.66. The molecule has 0 aromatic carbocycles. The van der Waals surface area contributed by atoms with Crippen molar-refractivity contribution in [3.63, 3.8) is 0 Å². The Hall–Kier alpha value is -1.58. The molecule has 2 atom stereocenters. The molecule has 0 saturated carbocycles. The molecule has 1 aromatic rings. The minimum absolute atomic E-state index is 0.240. The van der Waals surface area contributed by atoms with Gasteiger partial charge >= 0.3 is 0 Å². The van der Waals surface area contributed by atoms with Crippen LogP contribution in [-0.2, 0) is 4.79 Å². The van der Waals surface area contributed by atoms with E-state index in [4.69, 9.17) is 0 Å². The zero-order valence-corrected chi connectivity index (χ0v) is 13.0. The number of aryl methyl sites for hydroxylation is 1. The zero-order valence-electron chi connectivity index (χ0n) is 13.0. The smallest absolute Gasteiger partial charge is 0.222 e. The molecule has 0 unspecified atom stereocenters. The molecule has 1 aliphatic heterocycles. The first-order chi connectivity index (χ1) is 9.56. The second-order valence-corrected chi connectivity index (χ2v) is 5.66. The van der Waals surface area contributed by atoms with Gasteiger partial charge < -0.3 is 9.80 Å². The van der Waals surface area contributed by atoms with E-state index >= 15 is 0 Å². The summed E-state index contributed by atoms with van der Waals surface area (Å²) in [4.78, 5) is 21.0. The average molecular weight is 275 g/mol. The molecule has 1 fully saturated rings. The number of anilines is 1. The van der Waals surface area contributed by atoms with E-state index in [-0.39, 0.29) is 18.0 Å². The lowest BCUT2D eigenvalue weighted by Gasteiger charge is -2.46. The van der Waals surface area contributed by atoms with Crippen LogP contribution in [0.25, 0.3) is 0 Å². The van der Waals surface area contributed by atoms with E-state index < -0.39 is 0 Å². The Kier molecular flexibility index (Phi) is 4.63. The van der Waals surface area contributed by atoms with Gasteiger partial charge in [-0.15, -0.1) is 0 Å². The van der Waals surface area contributed by atoms with Gasteiger partial charge in [0, 0.05) is 37.8 Å². The van der Waals surface area contributed by atoms with Crippen molar-refractivity contribution >= 4 is 11.7 Å². The van der Waals surface area contributed by atoms with E-state index in [2.05, 4.69) is 40.8 Å². The number of carbonyl (C=O) groups excluding carboxylic acids is 1. The van der Waals surface area contributed by atoms with E-state index in [1.807, 2.05) is 20.0 Å². The van der Waals surface area contributed by atoms with E-state index in [1.165, 1.54) is 5.56 Å². The Morgan fingerprint density at radius 3 is 2.65 bits per heavy atom. The Bertz CT molecular complexity index is 457. The van der Waals surface area contributed by atoms with E-state index in [0.29, 0.717) is 6.42 Å². The Labute approximate surface area is 121 Å². The molecule has 20 heavy (non-hydrogen) atoms. The number of hydrogen-bond donors (Lipinski definition) is 0. The number of hydrogen-bond acceptors (Lipinski definition) is 3. The van der Waals surface area contributed by atoms with Crippen LogP contribution in [0, 0.1) is 6.92 Å². The van der Waals surface area contributed by atoms with Gasteiger partial charge in [0.25, 0.3) is 0 Å². The van der Waals surface area contributed by atoms with Gasteiger partial charge in [0.2, 0.25) is 5.91 Å². The molecule has 1 saturated heterocycles. The van der Waals surface area contributed by atoms with Crippen LogP contribution in [0.5, 0.6) is 0 Å². The highest BCUT2D eigenvalue weighted by atomic mass is 16.2. The van der Waals surface area contributed by atoms with Gasteiger partial charge in [0.05, 0.1) is 0 Å². The molecule has 1 aliphatic rings. The van der Waals surface area contributed by atoms with Crippen LogP contribution in [0.3, 0.4) is 0 Å². The number of rotatable bonds is 3. The van der Waals surface area contributed by atoms with Crippen molar-refractivity contribution in [2.24, 2.45) is 0 Å². The molecule has 0 aliphatic carbocycles. The first kappa shape index (κ1) is 14.8. The van der Waals surface area contributed by atoms with Gasteiger partial charge in [-0.3, -0.25) is 4.79 Å². The maximum Gasteiger partial charge on any atom is 0.222 e. The van der Waals surface area contributed by atoms with Gasteiger partial charge in [-0.05, 0) is 31.9 Å². The highest BCUT2D eigenvalue weighted by Crippen LogP contribution is 2.23. The van der Waals surface area contributed by atoms with Crippen molar-refractivity contribution in [1.82, 2.24) is 9.88 Å². The molecule has 4 nitrogen and oxygen atoms in total. The normalized spacial score (nSPS) is 23.0. The van der Waals surface area contributed by atoms with Gasteiger partial charge in [0.1, 0.15) is 5.82 Å². The van der Waals surface area contributed by atoms with Crippen molar-refractivity contribution in [2.45, 2.75) is 52.6 Å². The minimum atomic E-state index is 0.240. The summed E-state index contributed by atoms with van der Waals surface area (Å²) in [5.41, 5.74) is 1.17. The maximum atomic E-state index is 12.1. The van der Waals surface area contributed by atoms with E-state index in [9.17, 15) is 4.79 Å². The lowest BCUT2D eigenvalue weighted by Crippen LogP contribution is -2.59. The standard InChI is InChI=1S/C16H25N3O/c1-5-14-11-18(15-8-7-12(3)9-17-15)10-13(4)19(14)16(20)6-2/h7-9,13-14H,5-6,10-11H2,1-4H3/t13-,14+/m0/s1. The number of piperazine rings is 1. The Morgan fingerprint density at radius 1 is 1.35 bits per heavy atom. The first-order valence-corrected chi connectivity index (χ1v) is 7.55. The monoisotopic (exact) mass is 275 g/mol. The third-order valence-corrected chi connectivity index (χ3v) is 4.07. The van der Waals surface area contributed by atoms with Crippen LogP contribution >= 0.6 is 0 Å². The molecule has 2 rings (SSSR count). The molecular formula is C16H25N3O. The van der Waals surface area contributed by atoms with Crippen molar-refractivity contribution in [2.75, 3.05) is 18.0 Å². The molecule has 0 spiro atoms. The lowest BCUT2D eigenvalue weighted by molar-refractivity contribution is -0.136. The van der Waals surface area contributed by atoms with E-state index in [0.717, 1.165) is 25.3 Å². The summed E-state index contributed by atoms with van der Waals surface area (Å²) >= 11 is 0. The fraction of sp³-hybridized carbons (Fsp3) is 0.625. The predicted molar refractivity (Wildman–Crippen MR) is 81.9 cm³/mol. The number of carbonyl (C=O) groups is 1. The average Bonchev–Trinajstić information content (AvgIpc) is 2.46. The van der Waals surface area contributed by atoms with Crippen molar-refractivity contribution in [3.05, 3.63) is 23.9 Å². The number of aromatic nitrogens is 1. The van der Waals surface area contributed by atoms with Crippen LogP contribution in [0.4, 0.5) is 5.82 Å². The summed E-state index contributed by atoms with van der Waals surface area (Å²) in [6, 6.07) is 4.70. The second kappa shape index (κ2) is 6.25. The van der Waals surface area contributed by atoms with Crippen LogP contribution in [0.15, 0.2) is 18.3 Å². The lowest BCUT2D eigenvalue weighted by atomic mass is 10.0. The molecule has 0 bridgehead atoms.